The highest BCUT2D eigenvalue weighted by Crippen LogP contribution is 2.34. The number of hydrogen-bond acceptors (Lipinski definition) is 4. The summed E-state index contributed by atoms with van der Waals surface area (Å²) in [5.41, 5.74) is -0.706. The summed E-state index contributed by atoms with van der Waals surface area (Å²) >= 11 is 0. The number of ether oxygens (including phenoxy) is 2. The second kappa shape index (κ2) is 6.75. The van der Waals surface area contributed by atoms with Gasteiger partial charge in [-0.05, 0) is 46.0 Å². The zero-order valence-corrected chi connectivity index (χ0v) is 14.8. The first-order chi connectivity index (χ1) is 10.2. The normalized spacial score (nSPS) is 29.9. The number of likely N-dealkylation sites (tertiary alicyclic amines) is 1. The van der Waals surface area contributed by atoms with Crippen LogP contribution in [0.25, 0.3) is 0 Å². The topological polar surface area (TPSA) is 50.8 Å². The number of hydrogen-bond donors (Lipinski definition) is 1. The molecule has 128 valence electrons. The van der Waals surface area contributed by atoms with Crippen molar-refractivity contribution >= 4 is 6.09 Å². The SMILES string of the molecule is CC(C)CC1NCCOC12CCCN(C(=O)OC(C)(C)C)C2. The van der Waals surface area contributed by atoms with Gasteiger partial charge in [-0.2, -0.15) is 0 Å². The second-order valence-electron chi connectivity index (χ2n) is 8.05. The molecule has 1 amide bonds. The molecule has 2 fully saturated rings. The molecule has 22 heavy (non-hydrogen) atoms. The quantitative estimate of drug-likeness (QED) is 0.852. The number of nitrogens with zero attached hydrogens (tertiary/aromatic N) is 1. The third-order valence-corrected chi connectivity index (χ3v) is 4.36. The molecule has 0 aliphatic carbocycles. The van der Waals surface area contributed by atoms with Gasteiger partial charge in [0.1, 0.15) is 11.2 Å². The van der Waals surface area contributed by atoms with Crippen LogP contribution in [-0.2, 0) is 9.47 Å². The van der Waals surface area contributed by atoms with Crippen LogP contribution in [-0.4, -0.2) is 54.5 Å². The zero-order valence-electron chi connectivity index (χ0n) is 14.8. The molecule has 2 saturated heterocycles. The van der Waals surface area contributed by atoms with Crippen molar-refractivity contribution in [1.82, 2.24) is 10.2 Å². The molecule has 1 N–H and O–H groups in total. The minimum Gasteiger partial charge on any atom is -0.444 e. The van der Waals surface area contributed by atoms with Crippen LogP contribution in [0.1, 0.15) is 53.9 Å². The molecule has 2 aliphatic rings. The van der Waals surface area contributed by atoms with E-state index in [0.29, 0.717) is 18.5 Å². The predicted octanol–water partition coefficient (Wildman–Crippen LogP) is 2.79. The van der Waals surface area contributed by atoms with Crippen LogP contribution in [0, 0.1) is 5.92 Å². The molecule has 2 unspecified atom stereocenters. The van der Waals surface area contributed by atoms with E-state index in [2.05, 4.69) is 19.2 Å². The van der Waals surface area contributed by atoms with Gasteiger partial charge < -0.3 is 19.7 Å². The van der Waals surface area contributed by atoms with E-state index >= 15 is 0 Å². The summed E-state index contributed by atoms with van der Waals surface area (Å²) in [6.45, 7) is 13.2. The van der Waals surface area contributed by atoms with Crippen LogP contribution in [0.5, 0.6) is 0 Å². The Bertz CT molecular complexity index is 388. The maximum Gasteiger partial charge on any atom is 0.410 e. The highest BCUT2D eigenvalue weighted by Gasteiger charge is 2.46. The number of carbonyl (C=O) groups is 1. The standard InChI is InChI=1S/C17H32N2O3/c1-13(2)11-14-17(21-10-8-18-14)7-6-9-19(12-17)15(20)22-16(3,4)5/h13-14,18H,6-12H2,1-5H3. The Morgan fingerprint density at radius 1 is 1.45 bits per heavy atom. The van der Waals surface area contributed by atoms with E-state index in [-0.39, 0.29) is 11.7 Å². The average molecular weight is 312 g/mol. The summed E-state index contributed by atoms with van der Waals surface area (Å²) < 4.78 is 11.8. The van der Waals surface area contributed by atoms with Crippen molar-refractivity contribution < 1.29 is 14.3 Å². The molecule has 2 rings (SSSR count). The third kappa shape index (κ3) is 4.35. The van der Waals surface area contributed by atoms with Crippen molar-refractivity contribution in [3.63, 3.8) is 0 Å². The Morgan fingerprint density at radius 2 is 2.18 bits per heavy atom. The summed E-state index contributed by atoms with van der Waals surface area (Å²) in [7, 11) is 0. The summed E-state index contributed by atoms with van der Waals surface area (Å²) in [5.74, 6) is 0.605. The molecule has 0 saturated carbocycles. The molecule has 1 spiro atoms. The van der Waals surface area contributed by atoms with E-state index in [9.17, 15) is 4.79 Å². The maximum absolute atomic E-state index is 12.4. The van der Waals surface area contributed by atoms with Gasteiger partial charge in [-0.25, -0.2) is 4.79 Å². The lowest BCUT2D eigenvalue weighted by Gasteiger charge is -2.50. The first-order valence-corrected chi connectivity index (χ1v) is 8.57. The Hall–Kier alpha value is -0.810. The van der Waals surface area contributed by atoms with E-state index in [1.165, 1.54) is 0 Å². The number of morpholine rings is 1. The van der Waals surface area contributed by atoms with Crippen LogP contribution in [0.15, 0.2) is 0 Å². The number of nitrogens with one attached hydrogen (secondary N) is 1. The molecule has 2 heterocycles. The Balaban J connectivity index is 2.08. The lowest BCUT2D eigenvalue weighted by atomic mass is 9.80. The molecule has 2 atom stereocenters. The molecular formula is C17H32N2O3. The van der Waals surface area contributed by atoms with Gasteiger partial charge >= 0.3 is 6.09 Å². The molecule has 2 aliphatic heterocycles. The van der Waals surface area contributed by atoms with E-state index in [1.54, 1.807) is 0 Å². The van der Waals surface area contributed by atoms with E-state index in [1.807, 2.05) is 25.7 Å². The molecule has 0 aromatic rings. The van der Waals surface area contributed by atoms with Gasteiger partial charge in [0.2, 0.25) is 0 Å². The van der Waals surface area contributed by atoms with E-state index in [0.717, 1.165) is 39.0 Å². The summed E-state index contributed by atoms with van der Waals surface area (Å²) in [6.07, 6.45) is 2.83. The zero-order chi connectivity index (χ0) is 16.4. The van der Waals surface area contributed by atoms with Gasteiger partial charge in [0, 0.05) is 19.1 Å². The van der Waals surface area contributed by atoms with Crippen molar-refractivity contribution in [1.29, 1.82) is 0 Å². The molecule has 0 bridgehead atoms. The lowest BCUT2D eigenvalue weighted by molar-refractivity contribution is -0.134. The van der Waals surface area contributed by atoms with Crippen LogP contribution in [0.4, 0.5) is 4.79 Å². The minimum atomic E-state index is -0.454. The van der Waals surface area contributed by atoms with E-state index in [4.69, 9.17) is 9.47 Å². The van der Waals surface area contributed by atoms with Crippen LogP contribution >= 0.6 is 0 Å². The van der Waals surface area contributed by atoms with Crippen molar-refractivity contribution in [2.75, 3.05) is 26.2 Å². The maximum atomic E-state index is 12.4. The van der Waals surface area contributed by atoms with Crippen LogP contribution < -0.4 is 5.32 Å². The minimum absolute atomic E-state index is 0.218. The molecule has 5 heteroatoms. The summed E-state index contributed by atoms with van der Waals surface area (Å²) in [4.78, 5) is 14.2. The van der Waals surface area contributed by atoms with Gasteiger partial charge in [-0.15, -0.1) is 0 Å². The van der Waals surface area contributed by atoms with E-state index < -0.39 is 5.60 Å². The summed E-state index contributed by atoms with van der Waals surface area (Å²) in [6, 6.07) is 0.312. The van der Waals surface area contributed by atoms with Gasteiger partial charge in [-0.1, -0.05) is 13.8 Å². The smallest absolute Gasteiger partial charge is 0.410 e. The fourth-order valence-corrected chi connectivity index (χ4v) is 3.48. The number of piperidine rings is 1. The lowest BCUT2D eigenvalue weighted by Crippen LogP contribution is -2.65. The summed E-state index contributed by atoms with van der Waals surface area (Å²) in [5, 5.41) is 3.61. The highest BCUT2D eigenvalue weighted by atomic mass is 16.6. The fourth-order valence-electron chi connectivity index (χ4n) is 3.48. The van der Waals surface area contributed by atoms with Gasteiger partial charge in [0.25, 0.3) is 0 Å². The average Bonchev–Trinajstić information content (AvgIpc) is 2.39. The van der Waals surface area contributed by atoms with Crippen molar-refractivity contribution in [3.8, 4) is 0 Å². The largest absolute Gasteiger partial charge is 0.444 e. The molecule has 0 aromatic heterocycles. The first-order valence-electron chi connectivity index (χ1n) is 8.57. The molecule has 5 nitrogen and oxygen atoms in total. The molecule has 0 radical (unpaired) electrons. The highest BCUT2D eigenvalue weighted by molar-refractivity contribution is 5.68. The van der Waals surface area contributed by atoms with Crippen LogP contribution in [0.3, 0.4) is 0 Å². The first kappa shape index (κ1) is 17.5. The van der Waals surface area contributed by atoms with Crippen LogP contribution in [0.2, 0.25) is 0 Å². The molecular weight excluding hydrogens is 280 g/mol. The van der Waals surface area contributed by atoms with Crippen molar-refractivity contribution in [3.05, 3.63) is 0 Å². The van der Waals surface area contributed by atoms with Gasteiger partial charge in [-0.3, -0.25) is 0 Å². The van der Waals surface area contributed by atoms with Crippen molar-refractivity contribution in [2.45, 2.75) is 71.1 Å². The predicted molar refractivity (Wildman–Crippen MR) is 87.0 cm³/mol. The van der Waals surface area contributed by atoms with Gasteiger partial charge in [0.15, 0.2) is 0 Å². The number of rotatable bonds is 2. The Morgan fingerprint density at radius 3 is 2.82 bits per heavy atom. The Labute approximate surface area is 134 Å². The fraction of sp³-hybridized carbons (Fsp3) is 0.941. The van der Waals surface area contributed by atoms with Crippen molar-refractivity contribution in [2.24, 2.45) is 5.92 Å². The number of carbonyl (C=O) groups excluding carboxylic acids is 1. The number of amides is 1. The monoisotopic (exact) mass is 312 g/mol. The van der Waals surface area contributed by atoms with Gasteiger partial charge in [0.05, 0.1) is 13.2 Å². The molecule has 0 aromatic carbocycles. The Kier molecular flexibility index (Phi) is 5.38. The third-order valence-electron chi connectivity index (χ3n) is 4.36. The second-order valence-corrected chi connectivity index (χ2v) is 8.05.